The maximum absolute atomic E-state index is 13.7. The molecular formula is C22H22F3N3OS. The highest BCUT2D eigenvalue weighted by molar-refractivity contribution is 7.13. The van der Waals surface area contributed by atoms with Gasteiger partial charge in [-0.25, -0.2) is 9.97 Å². The molecule has 0 bridgehead atoms. The molecule has 30 heavy (non-hydrogen) atoms. The van der Waals surface area contributed by atoms with Gasteiger partial charge in [0.25, 0.3) is 0 Å². The zero-order chi connectivity index (χ0) is 21.7. The average Bonchev–Trinajstić information content (AvgIpc) is 3.18. The third kappa shape index (κ3) is 5.82. The van der Waals surface area contributed by atoms with Crippen LogP contribution in [0.2, 0.25) is 0 Å². The number of nitrogens with zero attached hydrogens (tertiary/aromatic N) is 2. The van der Waals surface area contributed by atoms with Crippen LogP contribution in [0.4, 0.5) is 24.1 Å². The van der Waals surface area contributed by atoms with Gasteiger partial charge in [-0.1, -0.05) is 26.5 Å². The summed E-state index contributed by atoms with van der Waals surface area (Å²) in [7, 11) is 0. The monoisotopic (exact) mass is 433 g/mol. The Kier molecular flexibility index (Phi) is 6.77. The molecule has 1 N–H and O–H groups in total. The van der Waals surface area contributed by atoms with Crippen molar-refractivity contribution in [2.75, 3.05) is 11.9 Å². The smallest absolute Gasteiger partial charge is 0.419 e. The van der Waals surface area contributed by atoms with Gasteiger partial charge < -0.3 is 10.1 Å². The van der Waals surface area contributed by atoms with Crippen molar-refractivity contribution in [3.63, 3.8) is 0 Å². The first-order valence-electron chi connectivity index (χ1n) is 9.36. The third-order valence-corrected chi connectivity index (χ3v) is 4.86. The standard InChI is InChI=1S/C22H22F3N3OS/c1-14(2)10-15(3)13-29-19-5-4-16(11-18(19)22(23,24)25)17-6-7-26-20(12-17)28-21-27-8-9-30-21/h4-9,11-12,14H,3,10,13H2,1-2H3,(H,26,27,28). The van der Waals surface area contributed by atoms with Crippen molar-refractivity contribution in [3.8, 4) is 16.9 Å². The van der Waals surface area contributed by atoms with Gasteiger partial charge in [0, 0.05) is 17.8 Å². The second-order valence-corrected chi connectivity index (χ2v) is 8.13. The fourth-order valence-corrected chi connectivity index (χ4v) is 3.48. The number of pyridine rings is 1. The van der Waals surface area contributed by atoms with Crippen molar-refractivity contribution in [3.05, 3.63) is 65.8 Å². The Balaban J connectivity index is 1.85. The Bertz CT molecular complexity index is 1000. The molecule has 0 unspecified atom stereocenters. The first-order chi connectivity index (χ1) is 14.2. The summed E-state index contributed by atoms with van der Waals surface area (Å²) in [5.41, 5.74) is 0.962. The fourth-order valence-electron chi connectivity index (χ4n) is 2.95. The van der Waals surface area contributed by atoms with Crippen LogP contribution < -0.4 is 10.1 Å². The van der Waals surface area contributed by atoms with Crippen molar-refractivity contribution in [1.82, 2.24) is 9.97 Å². The van der Waals surface area contributed by atoms with Crippen LogP contribution in [0.25, 0.3) is 11.1 Å². The van der Waals surface area contributed by atoms with Crippen LogP contribution in [0.5, 0.6) is 5.75 Å². The molecule has 0 atom stereocenters. The summed E-state index contributed by atoms with van der Waals surface area (Å²) < 4.78 is 46.5. The minimum Gasteiger partial charge on any atom is -0.489 e. The highest BCUT2D eigenvalue weighted by Crippen LogP contribution is 2.39. The van der Waals surface area contributed by atoms with Crippen molar-refractivity contribution in [2.45, 2.75) is 26.4 Å². The Morgan fingerprint density at radius 2 is 1.90 bits per heavy atom. The lowest BCUT2D eigenvalue weighted by molar-refractivity contribution is -0.138. The first kappa shape index (κ1) is 21.8. The summed E-state index contributed by atoms with van der Waals surface area (Å²) in [6, 6.07) is 7.41. The number of rotatable bonds is 8. The van der Waals surface area contributed by atoms with Gasteiger partial charge in [-0.3, -0.25) is 0 Å². The predicted octanol–water partition coefficient (Wildman–Crippen LogP) is 6.95. The number of hydrogen-bond donors (Lipinski definition) is 1. The lowest BCUT2D eigenvalue weighted by atomic mass is 10.0. The number of alkyl halides is 3. The number of benzene rings is 1. The summed E-state index contributed by atoms with van der Waals surface area (Å²) in [5.74, 6) is 0.664. The summed E-state index contributed by atoms with van der Waals surface area (Å²) in [6.45, 7) is 7.98. The topological polar surface area (TPSA) is 47.0 Å². The lowest BCUT2D eigenvalue weighted by Crippen LogP contribution is -2.11. The van der Waals surface area contributed by atoms with Crippen LogP contribution in [0.1, 0.15) is 25.8 Å². The molecule has 2 heterocycles. The highest BCUT2D eigenvalue weighted by atomic mass is 32.1. The minimum atomic E-state index is -4.54. The molecule has 0 aliphatic rings. The van der Waals surface area contributed by atoms with E-state index in [0.717, 1.165) is 11.6 Å². The molecule has 0 radical (unpaired) electrons. The van der Waals surface area contributed by atoms with Gasteiger partial charge in [0.15, 0.2) is 5.13 Å². The molecule has 0 saturated carbocycles. The van der Waals surface area contributed by atoms with Crippen LogP contribution >= 0.6 is 11.3 Å². The zero-order valence-corrected chi connectivity index (χ0v) is 17.5. The Labute approximate surface area is 177 Å². The SMILES string of the molecule is C=C(COc1ccc(-c2ccnc(Nc3nccs3)c2)cc1C(F)(F)F)CC(C)C. The first-order valence-corrected chi connectivity index (χ1v) is 10.2. The summed E-state index contributed by atoms with van der Waals surface area (Å²) in [5, 5.41) is 5.51. The largest absolute Gasteiger partial charge is 0.489 e. The van der Waals surface area contributed by atoms with E-state index in [4.69, 9.17) is 4.74 Å². The highest BCUT2D eigenvalue weighted by Gasteiger charge is 2.35. The van der Waals surface area contributed by atoms with Crippen molar-refractivity contribution >= 4 is 22.3 Å². The molecule has 1 aromatic carbocycles. The Hall–Kier alpha value is -2.87. The number of ether oxygens (including phenoxy) is 1. The van der Waals surface area contributed by atoms with E-state index in [9.17, 15) is 13.2 Å². The van der Waals surface area contributed by atoms with E-state index in [1.54, 1.807) is 30.6 Å². The maximum Gasteiger partial charge on any atom is 0.419 e. The molecule has 2 aromatic heterocycles. The molecule has 158 valence electrons. The predicted molar refractivity (Wildman–Crippen MR) is 114 cm³/mol. The maximum atomic E-state index is 13.7. The van der Waals surface area contributed by atoms with E-state index < -0.39 is 11.7 Å². The molecule has 0 spiro atoms. The van der Waals surface area contributed by atoms with Gasteiger partial charge in [-0.15, -0.1) is 11.3 Å². The third-order valence-electron chi connectivity index (χ3n) is 4.17. The molecule has 4 nitrogen and oxygen atoms in total. The molecule has 8 heteroatoms. The van der Waals surface area contributed by atoms with Gasteiger partial charge in [-0.2, -0.15) is 13.2 Å². The molecule has 3 rings (SSSR count). The van der Waals surface area contributed by atoms with Gasteiger partial charge >= 0.3 is 6.18 Å². The molecule has 0 amide bonds. The quantitative estimate of drug-likeness (QED) is 0.391. The normalized spacial score (nSPS) is 11.5. The minimum absolute atomic E-state index is 0.0533. The van der Waals surface area contributed by atoms with Gasteiger partial charge in [-0.05, 0) is 53.3 Å². The molecule has 0 saturated heterocycles. The van der Waals surface area contributed by atoms with Crippen LogP contribution in [0.3, 0.4) is 0 Å². The number of hydrogen-bond acceptors (Lipinski definition) is 5. The lowest BCUT2D eigenvalue weighted by Gasteiger charge is -2.17. The van der Waals surface area contributed by atoms with E-state index in [2.05, 4.69) is 21.9 Å². The number of halogens is 3. The van der Waals surface area contributed by atoms with Gasteiger partial charge in [0.2, 0.25) is 0 Å². The van der Waals surface area contributed by atoms with Crippen molar-refractivity contribution in [2.24, 2.45) is 5.92 Å². The second kappa shape index (κ2) is 9.30. The number of nitrogens with one attached hydrogen (secondary N) is 1. The summed E-state index contributed by atoms with van der Waals surface area (Å²) >= 11 is 1.40. The molecule has 3 aromatic rings. The van der Waals surface area contributed by atoms with E-state index in [1.165, 1.54) is 17.4 Å². The van der Waals surface area contributed by atoms with Crippen LogP contribution in [0.15, 0.2) is 60.3 Å². The molecule has 0 aliphatic heterocycles. The molecule has 0 aliphatic carbocycles. The summed E-state index contributed by atoms with van der Waals surface area (Å²) in [4.78, 5) is 8.32. The van der Waals surface area contributed by atoms with Crippen molar-refractivity contribution in [1.29, 1.82) is 0 Å². The van der Waals surface area contributed by atoms with E-state index in [0.29, 0.717) is 34.4 Å². The van der Waals surface area contributed by atoms with E-state index in [1.807, 2.05) is 19.2 Å². The second-order valence-electron chi connectivity index (χ2n) is 7.24. The average molecular weight is 433 g/mol. The number of aromatic nitrogens is 2. The molecule has 0 fully saturated rings. The Morgan fingerprint density at radius 1 is 1.13 bits per heavy atom. The summed E-state index contributed by atoms with van der Waals surface area (Å²) in [6.07, 6.45) is -0.648. The van der Waals surface area contributed by atoms with E-state index in [-0.39, 0.29) is 12.4 Å². The van der Waals surface area contributed by atoms with Crippen molar-refractivity contribution < 1.29 is 17.9 Å². The van der Waals surface area contributed by atoms with Crippen LogP contribution in [-0.2, 0) is 6.18 Å². The van der Waals surface area contributed by atoms with Crippen LogP contribution in [-0.4, -0.2) is 16.6 Å². The van der Waals surface area contributed by atoms with Gasteiger partial charge in [0.05, 0.1) is 5.56 Å². The number of anilines is 2. The zero-order valence-electron chi connectivity index (χ0n) is 16.7. The molecular weight excluding hydrogens is 411 g/mol. The number of thiazole rings is 1. The Morgan fingerprint density at radius 3 is 2.57 bits per heavy atom. The van der Waals surface area contributed by atoms with Gasteiger partial charge in [0.1, 0.15) is 18.2 Å². The van der Waals surface area contributed by atoms with E-state index >= 15 is 0 Å². The fraction of sp³-hybridized carbons (Fsp3) is 0.273. The van der Waals surface area contributed by atoms with Crippen LogP contribution in [0, 0.1) is 5.92 Å².